The van der Waals surface area contributed by atoms with E-state index in [-0.39, 0.29) is 5.84 Å². The fourth-order valence-corrected chi connectivity index (χ4v) is 1.66. The number of hydrogen-bond acceptors (Lipinski definition) is 4. The highest BCUT2D eigenvalue weighted by atomic mass is 16.5. The average molecular weight is 201 g/mol. The highest BCUT2D eigenvalue weighted by Gasteiger charge is 2.18. The number of nitrogens with two attached hydrogens (primary N) is 1. The molecule has 1 saturated heterocycles. The van der Waals surface area contributed by atoms with Crippen molar-refractivity contribution in [3.8, 4) is 0 Å². The standard InChI is InChI=1S/C9H19N3O2/c1-2-12(6-9(10)11-13)5-8-3-4-14-7-8/h8,13H,2-7H2,1H3,(H2,10,11). The molecule has 0 aromatic heterocycles. The van der Waals surface area contributed by atoms with E-state index in [1.54, 1.807) is 0 Å². The van der Waals surface area contributed by atoms with Crippen LogP contribution in [0.4, 0.5) is 0 Å². The maximum Gasteiger partial charge on any atom is 0.153 e. The highest BCUT2D eigenvalue weighted by Crippen LogP contribution is 2.13. The molecule has 1 aliphatic heterocycles. The Hall–Kier alpha value is -0.810. The Morgan fingerprint density at radius 1 is 1.71 bits per heavy atom. The van der Waals surface area contributed by atoms with E-state index in [0.29, 0.717) is 12.5 Å². The molecule has 14 heavy (non-hydrogen) atoms. The van der Waals surface area contributed by atoms with Crippen LogP contribution in [0, 0.1) is 5.92 Å². The molecule has 5 nitrogen and oxygen atoms in total. The van der Waals surface area contributed by atoms with E-state index >= 15 is 0 Å². The Bertz CT molecular complexity index is 190. The first-order valence-corrected chi connectivity index (χ1v) is 5.02. The fraction of sp³-hybridized carbons (Fsp3) is 0.889. The monoisotopic (exact) mass is 201 g/mol. The molecule has 0 bridgehead atoms. The van der Waals surface area contributed by atoms with Gasteiger partial charge in [0.1, 0.15) is 0 Å². The van der Waals surface area contributed by atoms with Crippen molar-refractivity contribution in [3.63, 3.8) is 0 Å². The lowest BCUT2D eigenvalue weighted by atomic mass is 10.1. The van der Waals surface area contributed by atoms with Crippen LogP contribution in [0.15, 0.2) is 5.16 Å². The average Bonchev–Trinajstić information content (AvgIpc) is 2.69. The second-order valence-electron chi connectivity index (χ2n) is 3.65. The predicted octanol–water partition coefficient (Wildman–Crippen LogP) is 0.0912. The number of rotatable bonds is 5. The van der Waals surface area contributed by atoms with Gasteiger partial charge in [0.15, 0.2) is 5.84 Å². The fourth-order valence-electron chi connectivity index (χ4n) is 1.66. The third kappa shape index (κ3) is 3.51. The van der Waals surface area contributed by atoms with Gasteiger partial charge in [-0.1, -0.05) is 12.1 Å². The Kier molecular flexibility index (Phi) is 4.69. The Morgan fingerprint density at radius 2 is 2.50 bits per heavy atom. The molecule has 5 heteroatoms. The second-order valence-corrected chi connectivity index (χ2v) is 3.65. The van der Waals surface area contributed by atoms with Crippen molar-refractivity contribution in [1.29, 1.82) is 0 Å². The highest BCUT2D eigenvalue weighted by molar-refractivity contribution is 5.81. The molecule has 0 saturated carbocycles. The predicted molar refractivity (Wildman–Crippen MR) is 54.4 cm³/mol. The second kappa shape index (κ2) is 5.82. The van der Waals surface area contributed by atoms with E-state index in [1.165, 1.54) is 0 Å². The summed E-state index contributed by atoms with van der Waals surface area (Å²) in [4.78, 5) is 2.16. The summed E-state index contributed by atoms with van der Waals surface area (Å²) in [5, 5.41) is 11.4. The summed E-state index contributed by atoms with van der Waals surface area (Å²) >= 11 is 0. The van der Waals surface area contributed by atoms with Crippen LogP contribution >= 0.6 is 0 Å². The van der Waals surface area contributed by atoms with Crippen LogP contribution < -0.4 is 5.73 Å². The first kappa shape index (κ1) is 11.3. The van der Waals surface area contributed by atoms with Crippen LogP contribution in [-0.4, -0.2) is 48.8 Å². The van der Waals surface area contributed by atoms with Gasteiger partial charge in [0.05, 0.1) is 13.2 Å². The summed E-state index contributed by atoms with van der Waals surface area (Å²) in [7, 11) is 0. The largest absolute Gasteiger partial charge is 0.409 e. The van der Waals surface area contributed by atoms with E-state index in [9.17, 15) is 0 Å². The smallest absolute Gasteiger partial charge is 0.153 e. The molecule has 3 N–H and O–H groups in total. The maximum absolute atomic E-state index is 8.45. The minimum Gasteiger partial charge on any atom is -0.409 e. The van der Waals surface area contributed by atoms with Crippen molar-refractivity contribution >= 4 is 5.84 Å². The Labute approximate surface area is 84.5 Å². The summed E-state index contributed by atoms with van der Waals surface area (Å²) in [6.45, 7) is 6.18. The lowest BCUT2D eigenvalue weighted by Gasteiger charge is -2.22. The zero-order valence-electron chi connectivity index (χ0n) is 8.65. The van der Waals surface area contributed by atoms with Crippen LogP contribution in [0.5, 0.6) is 0 Å². The van der Waals surface area contributed by atoms with E-state index in [4.69, 9.17) is 15.7 Å². The first-order valence-electron chi connectivity index (χ1n) is 5.02. The van der Waals surface area contributed by atoms with Crippen molar-refractivity contribution in [2.75, 3.05) is 32.8 Å². The molecule has 1 fully saturated rings. The van der Waals surface area contributed by atoms with Crippen LogP contribution in [0.1, 0.15) is 13.3 Å². The van der Waals surface area contributed by atoms with E-state index in [2.05, 4.69) is 17.0 Å². The summed E-state index contributed by atoms with van der Waals surface area (Å²) in [6, 6.07) is 0. The molecule has 1 rings (SSSR count). The maximum atomic E-state index is 8.45. The Morgan fingerprint density at radius 3 is 3.00 bits per heavy atom. The zero-order chi connectivity index (χ0) is 10.4. The quantitative estimate of drug-likeness (QED) is 0.286. The lowest BCUT2D eigenvalue weighted by Crippen LogP contribution is -2.37. The van der Waals surface area contributed by atoms with Gasteiger partial charge in [0, 0.05) is 13.2 Å². The number of likely N-dealkylation sites (N-methyl/N-ethyl adjacent to an activating group) is 1. The minimum absolute atomic E-state index is 0.269. The SMILES string of the molecule is CCN(CC(N)=NO)CC1CCOC1. The molecular weight excluding hydrogens is 182 g/mol. The molecule has 0 radical (unpaired) electrons. The van der Waals surface area contributed by atoms with Crippen molar-refractivity contribution in [2.24, 2.45) is 16.8 Å². The van der Waals surface area contributed by atoms with Crippen LogP contribution in [0.25, 0.3) is 0 Å². The zero-order valence-corrected chi connectivity index (χ0v) is 8.65. The molecule has 0 aromatic rings. The van der Waals surface area contributed by atoms with Gasteiger partial charge in [0.25, 0.3) is 0 Å². The summed E-state index contributed by atoms with van der Waals surface area (Å²) in [6.07, 6.45) is 1.12. The van der Waals surface area contributed by atoms with Crippen molar-refractivity contribution in [2.45, 2.75) is 13.3 Å². The molecule has 1 heterocycles. The number of oxime groups is 1. The molecular formula is C9H19N3O2. The third-order valence-corrected chi connectivity index (χ3v) is 2.50. The topological polar surface area (TPSA) is 71.1 Å². The van der Waals surface area contributed by atoms with Crippen LogP contribution in [0.3, 0.4) is 0 Å². The number of nitrogens with zero attached hydrogens (tertiary/aromatic N) is 2. The van der Waals surface area contributed by atoms with Crippen molar-refractivity contribution in [1.82, 2.24) is 4.90 Å². The summed E-state index contributed by atoms with van der Waals surface area (Å²) in [5.41, 5.74) is 5.45. The van der Waals surface area contributed by atoms with Gasteiger partial charge < -0.3 is 15.7 Å². The van der Waals surface area contributed by atoms with Gasteiger partial charge in [0.2, 0.25) is 0 Å². The van der Waals surface area contributed by atoms with Crippen molar-refractivity contribution < 1.29 is 9.94 Å². The molecule has 0 amide bonds. The molecule has 1 aliphatic rings. The summed E-state index contributed by atoms with van der Waals surface area (Å²) in [5.74, 6) is 0.868. The molecule has 1 atom stereocenters. The van der Waals surface area contributed by atoms with E-state index in [1.807, 2.05) is 0 Å². The van der Waals surface area contributed by atoms with E-state index in [0.717, 1.165) is 32.7 Å². The van der Waals surface area contributed by atoms with Gasteiger partial charge in [-0.25, -0.2) is 0 Å². The van der Waals surface area contributed by atoms with Crippen LogP contribution in [0.2, 0.25) is 0 Å². The minimum atomic E-state index is 0.269. The van der Waals surface area contributed by atoms with Crippen LogP contribution in [-0.2, 0) is 4.74 Å². The molecule has 1 unspecified atom stereocenters. The van der Waals surface area contributed by atoms with Gasteiger partial charge in [-0.15, -0.1) is 0 Å². The summed E-state index contributed by atoms with van der Waals surface area (Å²) < 4.78 is 5.30. The van der Waals surface area contributed by atoms with Gasteiger partial charge in [-0.3, -0.25) is 4.90 Å². The van der Waals surface area contributed by atoms with Gasteiger partial charge >= 0.3 is 0 Å². The van der Waals surface area contributed by atoms with Gasteiger partial charge in [-0.2, -0.15) is 0 Å². The molecule has 0 aromatic carbocycles. The molecule has 82 valence electrons. The normalized spacial score (nSPS) is 23.3. The number of hydrogen-bond donors (Lipinski definition) is 2. The first-order chi connectivity index (χ1) is 6.76. The number of ether oxygens (including phenoxy) is 1. The van der Waals surface area contributed by atoms with Crippen molar-refractivity contribution in [3.05, 3.63) is 0 Å². The lowest BCUT2D eigenvalue weighted by molar-refractivity contribution is 0.172. The molecule has 0 aliphatic carbocycles. The van der Waals surface area contributed by atoms with E-state index < -0.39 is 0 Å². The Balaban J connectivity index is 2.30. The third-order valence-electron chi connectivity index (χ3n) is 2.50. The molecule has 0 spiro atoms. The van der Waals surface area contributed by atoms with Gasteiger partial charge in [-0.05, 0) is 18.9 Å². The number of amidine groups is 1.